The summed E-state index contributed by atoms with van der Waals surface area (Å²) in [6.07, 6.45) is 5.76. The summed E-state index contributed by atoms with van der Waals surface area (Å²) >= 11 is 0. The second-order valence-electron chi connectivity index (χ2n) is 7.81. The number of carbonyl (C=O) groups is 4. The average Bonchev–Trinajstić information content (AvgIpc) is 3.27. The molecule has 35 heavy (non-hydrogen) atoms. The molecule has 0 aromatic carbocycles. The van der Waals surface area contributed by atoms with Crippen LogP contribution in [0.1, 0.15) is 40.0 Å². The lowest BCUT2D eigenvalue weighted by atomic mass is 10.3. The first kappa shape index (κ1) is 29.4. The van der Waals surface area contributed by atoms with Gasteiger partial charge in [0.25, 0.3) is 0 Å². The van der Waals surface area contributed by atoms with Gasteiger partial charge in [-0.05, 0) is 20.3 Å². The van der Waals surface area contributed by atoms with Crippen LogP contribution in [-0.4, -0.2) is 61.2 Å². The van der Waals surface area contributed by atoms with Gasteiger partial charge in [-0.25, -0.2) is 23.5 Å². The maximum absolute atomic E-state index is 12.2. The monoisotopic (exact) mass is 495 g/mol. The first-order valence-electron chi connectivity index (χ1n) is 11.3. The van der Waals surface area contributed by atoms with Crippen molar-refractivity contribution in [2.45, 2.75) is 59.2 Å². The van der Waals surface area contributed by atoms with Crippen LogP contribution in [0.3, 0.4) is 0 Å². The fourth-order valence-corrected chi connectivity index (χ4v) is 2.48. The Labute approximate surface area is 205 Å². The number of unbranched alkanes of at least 4 members (excludes halogenated alkanes) is 1. The first-order valence-corrected chi connectivity index (χ1v) is 11.3. The van der Waals surface area contributed by atoms with Crippen molar-refractivity contribution < 1.29 is 47.4 Å². The van der Waals surface area contributed by atoms with Crippen LogP contribution in [0.25, 0.3) is 0 Å². The Morgan fingerprint density at radius 3 is 2.23 bits per heavy atom. The van der Waals surface area contributed by atoms with Crippen molar-refractivity contribution in [1.29, 1.82) is 0 Å². The van der Waals surface area contributed by atoms with Crippen LogP contribution in [0.4, 0.5) is 4.79 Å². The van der Waals surface area contributed by atoms with E-state index in [1.165, 1.54) is 13.8 Å². The van der Waals surface area contributed by atoms with Gasteiger partial charge in [0.1, 0.15) is 45.4 Å². The molecule has 0 aliphatic carbocycles. The maximum Gasteiger partial charge on any atom is 0.508 e. The van der Waals surface area contributed by atoms with Gasteiger partial charge in [-0.1, -0.05) is 26.5 Å². The van der Waals surface area contributed by atoms with E-state index in [-0.39, 0.29) is 44.0 Å². The minimum Gasteiger partial charge on any atom is -0.461 e. The molecule has 1 aromatic heterocycles. The van der Waals surface area contributed by atoms with E-state index in [4.69, 9.17) is 23.7 Å². The van der Waals surface area contributed by atoms with Gasteiger partial charge in [0.2, 0.25) is 6.33 Å². The minimum atomic E-state index is -1.10. The SMILES string of the molecule is C=C(C)C(=O)OCCOC(=O)OC(COC(=O)CCn1cc[n+](CCCC)c1)COC(=O)C(=C)C. The van der Waals surface area contributed by atoms with E-state index in [2.05, 4.69) is 20.1 Å². The van der Waals surface area contributed by atoms with E-state index in [9.17, 15) is 19.2 Å². The molecule has 11 heteroatoms. The number of aryl methyl sites for hydroxylation is 2. The highest BCUT2D eigenvalue weighted by Gasteiger charge is 2.21. The van der Waals surface area contributed by atoms with Crippen LogP contribution in [0.5, 0.6) is 0 Å². The third-order valence-corrected chi connectivity index (χ3v) is 4.42. The molecule has 0 aliphatic heterocycles. The van der Waals surface area contributed by atoms with E-state index < -0.39 is 30.2 Å². The summed E-state index contributed by atoms with van der Waals surface area (Å²) in [4.78, 5) is 47.1. The highest BCUT2D eigenvalue weighted by atomic mass is 16.7. The number of aromatic nitrogens is 2. The number of hydrogen-bond acceptors (Lipinski definition) is 9. The van der Waals surface area contributed by atoms with Gasteiger partial charge >= 0.3 is 24.1 Å². The molecule has 0 amide bonds. The van der Waals surface area contributed by atoms with Crippen LogP contribution >= 0.6 is 0 Å². The van der Waals surface area contributed by atoms with Crippen molar-refractivity contribution in [3.05, 3.63) is 43.0 Å². The molecular weight excluding hydrogens is 460 g/mol. The standard InChI is InChI=1S/C24H35N2O9/c1-6-7-9-25-11-12-26(17-25)10-8-21(27)33-15-20(16-34-23(29)19(4)5)35-24(30)32-14-13-31-22(28)18(2)3/h11-12,17,20H,2,4,6-10,13-16H2,1,3,5H3/q+1. The second-order valence-corrected chi connectivity index (χ2v) is 7.81. The van der Waals surface area contributed by atoms with E-state index in [1.807, 2.05) is 27.9 Å². The van der Waals surface area contributed by atoms with Gasteiger partial charge in [-0.2, -0.15) is 0 Å². The molecule has 0 aliphatic rings. The number of rotatable bonds is 16. The van der Waals surface area contributed by atoms with Crippen LogP contribution in [0, 0.1) is 0 Å². The van der Waals surface area contributed by atoms with Crippen molar-refractivity contribution in [2.75, 3.05) is 26.4 Å². The average molecular weight is 496 g/mol. The maximum atomic E-state index is 12.2. The first-order chi connectivity index (χ1) is 16.6. The molecule has 0 fully saturated rings. The molecule has 0 saturated carbocycles. The van der Waals surface area contributed by atoms with Crippen LogP contribution < -0.4 is 4.57 Å². The number of nitrogens with zero attached hydrogens (tertiary/aromatic N) is 2. The van der Waals surface area contributed by atoms with Crippen molar-refractivity contribution in [1.82, 2.24) is 4.57 Å². The van der Waals surface area contributed by atoms with E-state index >= 15 is 0 Å². The third-order valence-electron chi connectivity index (χ3n) is 4.42. The van der Waals surface area contributed by atoms with Crippen molar-refractivity contribution in [2.24, 2.45) is 0 Å². The lowest BCUT2D eigenvalue weighted by Crippen LogP contribution is -2.32. The Morgan fingerprint density at radius 1 is 0.943 bits per heavy atom. The summed E-state index contributed by atoms with van der Waals surface area (Å²) in [6, 6.07) is 0. The van der Waals surface area contributed by atoms with Gasteiger partial charge < -0.3 is 23.7 Å². The van der Waals surface area contributed by atoms with E-state index in [0.29, 0.717) is 6.54 Å². The Hall–Kier alpha value is -3.63. The van der Waals surface area contributed by atoms with E-state index in [0.717, 1.165) is 19.4 Å². The van der Waals surface area contributed by atoms with Crippen LogP contribution in [0.15, 0.2) is 43.0 Å². The largest absolute Gasteiger partial charge is 0.508 e. The molecule has 1 unspecified atom stereocenters. The summed E-state index contributed by atoms with van der Waals surface area (Å²) in [7, 11) is 0. The zero-order valence-corrected chi connectivity index (χ0v) is 20.7. The lowest BCUT2D eigenvalue weighted by Gasteiger charge is -2.17. The molecular formula is C24H35N2O9+. The number of esters is 3. The zero-order valence-electron chi connectivity index (χ0n) is 20.7. The van der Waals surface area contributed by atoms with Gasteiger partial charge in [0.05, 0.1) is 13.0 Å². The summed E-state index contributed by atoms with van der Waals surface area (Å²) in [5.74, 6) is -1.82. The second kappa shape index (κ2) is 16.1. The summed E-state index contributed by atoms with van der Waals surface area (Å²) < 4.78 is 28.8. The summed E-state index contributed by atoms with van der Waals surface area (Å²) in [6.45, 7) is 12.1. The fraction of sp³-hybridized carbons (Fsp3) is 0.542. The molecule has 11 nitrogen and oxygen atoms in total. The van der Waals surface area contributed by atoms with Crippen LogP contribution in [0.2, 0.25) is 0 Å². The number of imidazole rings is 1. The molecule has 1 heterocycles. The van der Waals surface area contributed by atoms with Gasteiger partial charge in [0.15, 0.2) is 6.10 Å². The zero-order chi connectivity index (χ0) is 26.2. The minimum absolute atomic E-state index is 0.0965. The molecule has 0 radical (unpaired) electrons. The van der Waals surface area contributed by atoms with Gasteiger partial charge in [0, 0.05) is 11.1 Å². The topological polar surface area (TPSA) is 123 Å². The van der Waals surface area contributed by atoms with Crippen molar-refractivity contribution in [3.63, 3.8) is 0 Å². The van der Waals surface area contributed by atoms with Crippen molar-refractivity contribution >= 4 is 24.1 Å². The normalized spacial score (nSPS) is 11.2. The third kappa shape index (κ3) is 13.0. The Kier molecular flexibility index (Phi) is 13.5. The molecule has 0 spiro atoms. The van der Waals surface area contributed by atoms with E-state index in [1.54, 1.807) is 0 Å². The molecule has 0 bridgehead atoms. The molecule has 0 saturated heterocycles. The molecule has 1 atom stereocenters. The van der Waals surface area contributed by atoms with Crippen LogP contribution in [-0.2, 0) is 51.2 Å². The van der Waals surface area contributed by atoms with Gasteiger partial charge in [-0.15, -0.1) is 0 Å². The predicted octanol–water partition coefficient (Wildman–Crippen LogP) is 2.27. The Balaban J connectivity index is 2.49. The highest BCUT2D eigenvalue weighted by molar-refractivity contribution is 5.87. The lowest BCUT2D eigenvalue weighted by molar-refractivity contribution is -0.696. The molecule has 0 N–H and O–H groups in total. The smallest absolute Gasteiger partial charge is 0.461 e. The molecule has 1 rings (SSSR count). The van der Waals surface area contributed by atoms with Crippen molar-refractivity contribution in [3.8, 4) is 0 Å². The summed E-state index contributed by atoms with van der Waals surface area (Å²) in [5.41, 5.74) is 0.367. The Bertz CT molecular complexity index is 891. The highest BCUT2D eigenvalue weighted by Crippen LogP contribution is 2.03. The quantitative estimate of drug-likeness (QED) is 0.112. The molecule has 194 valence electrons. The number of ether oxygens (including phenoxy) is 5. The molecule has 1 aromatic rings. The summed E-state index contributed by atoms with van der Waals surface area (Å²) in [5, 5.41) is 0. The number of hydrogen-bond donors (Lipinski definition) is 0. The Morgan fingerprint density at radius 2 is 1.57 bits per heavy atom. The van der Waals surface area contributed by atoms with Gasteiger partial charge in [-0.3, -0.25) is 4.79 Å². The predicted molar refractivity (Wildman–Crippen MR) is 123 cm³/mol. The fourth-order valence-electron chi connectivity index (χ4n) is 2.48. The number of carbonyl (C=O) groups excluding carboxylic acids is 4.